The molecular weight excluding hydrogens is 374 g/mol. The lowest BCUT2D eigenvalue weighted by Crippen LogP contribution is -2.05. The van der Waals surface area contributed by atoms with Gasteiger partial charge >= 0.3 is 5.97 Å². The summed E-state index contributed by atoms with van der Waals surface area (Å²) in [5, 5.41) is 0.689. The first-order chi connectivity index (χ1) is 11.6. The Labute approximate surface area is 147 Å². The molecule has 24 heavy (non-hydrogen) atoms. The lowest BCUT2D eigenvalue weighted by Gasteiger charge is -2.07. The zero-order valence-corrected chi connectivity index (χ0v) is 14.9. The van der Waals surface area contributed by atoms with E-state index in [2.05, 4.69) is 20.9 Å². The number of pyridine rings is 1. The van der Waals surface area contributed by atoms with E-state index in [0.717, 1.165) is 10.2 Å². The Kier molecular flexibility index (Phi) is 4.85. The molecule has 0 unspecified atom stereocenters. The number of carbonyl (C=O) groups is 1. The van der Waals surface area contributed by atoms with Crippen LogP contribution in [0.5, 0.6) is 5.75 Å². The van der Waals surface area contributed by atoms with Crippen molar-refractivity contribution in [3.63, 3.8) is 0 Å². The van der Waals surface area contributed by atoms with Gasteiger partial charge < -0.3 is 13.9 Å². The van der Waals surface area contributed by atoms with Gasteiger partial charge in [0.15, 0.2) is 0 Å². The summed E-state index contributed by atoms with van der Waals surface area (Å²) in [6, 6.07) is 9.18. The number of hydrogen-bond donors (Lipinski definition) is 0. The maximum absolute atomic E-state index is 12.1. The summed E-state index contributed by atoms with van der Waals surface area (Å²) >= 11 is 3.39. The van der Waals surface area contributed by atoms with Crippen molar-refractivity contribution in [2.45, 2.75) is 20.5 Å². The van der Waals surface area contributed by atoms with E-state index in [1.54, 1.807) is 32.2 Å². The highest BCUT2D eigenvalue weighted by Crippen LogP contribution is 2.30. The van der Waals surface area contributed by atoms with Crippen molar-refractivity contribution in [2.75, 3.05) is 6.61 Å². The number of nitrogens with zero attached hydrogens (tertiary/aromatic N) is 1. The summed E-state index contributed by atoms with van der Waals surface area (Å²) in [7, 11) is 0. The van der Waals surface area contributed by atoms with E-state index in [1.807, 2.05) is 18.2 Å². The standard InChI is InChI=1S/C18H16BrNO4/c1-3-22-18(21)16-11(2)24-15-7-6-13(9-14(15)16)23-10-12-5-4-8-20-17(12)19/h4-9H,3,10H2,1-2H3. The number of furan rings is 1. The number of esters is 1. The first-order valence-corrected chi connectivity index (χ1v) is 8.32. The maximum atomic E-state index is 12.1. The van der Waals surface area contributed by atoms with E-state index >= 15 is 0 Å². The summed E-state index contributed by atoms with van der Waals surface area (Å²) < 4.78 is 17.3. The summed E-state index contributed by atoms with van der Waals surface area (Å²) in [6.45, 7) is 4.21. The van der Waals surface area contributed by atoms with Crippen LogP contribution in [0.2, 0.25) is 0 Å². The van der Waals surface area contributed by atoms with Gasteiger partial charge in [0, 0.05) is 17.1 Å². The van der Waals surface area contributed by atoms with Crippen LogP contribution in [-0.4, -0.2) is 17.6 Å². The molecule has 0 N–H and O–H groups in total. The molecule has 0 spiro atoms. The molecule has 0 amide bonds. The third-order valence-corrected chi connectivity index (χ3v) is 4.26. The highest BCUT2D eigenvalue weighted by molar-refractivity contribution is 9.10. The van der Waals surface area contributed by atoms with E-state index in [9.17, 15) is 4.79 Å². The van der Waals surface area contributed by atoms with Gasteiger partial charge in [0.2, 0.25) is 0 Å². The van der Waals surface area contributed by atoms with Crippen molar-refractivity contribution < 1.29 is 18.7 Å². The smallest absolute Gasteiger partial charge is 0.342 e. The lowest BCUT2D eigenvalue weighted by atomic mass is 10.1. The molecule has 2 aromatic heterocycles. The predicted octanol–water partition coefficient (Wildman–Crippen LogP) is 4.65. The van der Waals surface area contributed by atoms with E-state index in [-0.39, 0.29) is 5.97 Å². The largest absolute Gasteiger partial charge is 0.489 e. The number of rotatable bonds is 5. The molecule has 3 rings (SSSR count). The predicted molar refractivity (Wildman–Crippen MR) is 93.2 cm³/mol. The van der Waals surface area contributed by atoms with E-state index in [0.29, 0.717) is 41.3 Å². The molecular formula is C18H16BrNO4. The first-order valence-electron chi connectivity index (χ1n) is 7.52. The zero-order chi connectivity index (χ0) is 17.1. The third kappa shape index (κ3) is 3.28. The fourth-order valence-electron chi connectivity index (χ4n) is 2.43. The molecule has 0 radical (unpaired) electrons. The van der Waals surface area contributed by atoms with Crippen LogP contribution in [0.15, 0.2) is 45.5 Å². The number of benzene rings is 1. The van der Waals surface area contributed by atoms with Gasteiger partial charge in [-0.15, -0.1) is 0 Å². The minimum atomic E-state index is -0.388. The number of carbonyl (C=O) groups excluding carboxylic acids is 1. The van der Waals surface area contributed by atoms with E-state index < -0.39 is 0 Å². The number of halogens is 1. The Hall–Kier alpha value is -2.34. The second-order valence-electron chi connectivity index (χ2n) is 5.15. The van der Waals surface area contributed by atoms with Gasteiger partial charge in [0.25, 0.3) is 0 Å². The number of ether oxygens (including phenoxy) is 2. The van der Waals surface area contributed by atoms with Gasteiger partial charge in [-0.25, -0.2) is 9.78 Å². The van der Waals surface area contributed by atoms with Crippen molar-refractivity contribution in [1.82, 2.24) is 4.98 Å². The molecule has 0 saturated heterocycles. The van der Waals surface area contributed by atoms with Crippen LogP contribution in [0.3, 0.4) is 0 Å². The van der Waals surface area contributed by atoms with Crippen LogP contribution < -0.4 is 4.74 Å². The van der Waals surface area contributed by atoms with Gasteiger partial charge in [-0.2, -0.15) is 0 Å². The van der Waals surface area contributed by atoms with E-state index in [4.69, 9.17) is 13.9 Å². The van der Waals surface area contributed by atoms with Crippen LogP contribution >= 0.6 is 15.9 Å². The van der Waals surface area contributed by atoms with E-state index in [1.165, 1.54) is 0 Å². The van der Waals surface area contributed by atoms with Crippen molar-refractivity contribution in [3.05, 3.63) is 58.0 Å². The normalized spacial score (nSPS) is 10.8. The summed E-state index contributed by atoms with van der Waals surface area (Å²) in [4.78, 5) is 16.3. The summed E-state index contributed by atoms with van der Waals surface area (Å²) in [5.41, 5.74) is 2.01. The molecule has 2 heterocycles. The lowest BCUT2D eigenvalue weighted by molar-refractivity contribution is 0.0526. The van der Waals surface area contributed by atoms with Crippen LogP contribution in [0.4, 0.5) is 0 Å². The summed E-state index contributed by atoms with van der Waals surface area (Å²) in [6.07, 6.45) is 1.71. The molecule has 0 atom stereocenters. The number of fused-ring (bicyclic) bond motifs is 1. The minimum Gasteiger partial charge on any atom is -0.489 e. The molecule has 6 heteroatoms. The Morgan fingerprint density at radius 3 is 2.92 bits per heavy atom. The van der Waals surface area contributed by atoms with Crippen molar-refractivity contribution >= 4 is 32.9 Å². The third-order valence-electron chi connectivity index (χ3n) is 3.55. The molecule has 0 bridgehead atoms. The molecule has 3 aromatic rings. The fourth-order valence-corrected chi connectivity index (χ4v) is 2.80. The van der Waals surface area contributed by atoms with Crippen LogP contribution in [0, 0.1) is 6.92 Å². The van der Waals surface area contributed by atoms with Crippen LogP contribution in [0.25, 0.3) is 11.0 Å². The van der Waals surface area contributed by atoms with Crippen molar-refractivity contribution in [1.29, 1.82) is 0 Å². The zero-order valence-electron chi connectivity index (χ0n) is 13.3. The molecule has 5 nitrogen and oxygen atoms in total. The van der Waals surface area contributed by atoms with Gasteiger partial charge in [0.1, 0.15) is 33.9 Å². The molecule has 0 aliphatic carbocycles. The Morgan fingerprint density at radius 1 is 1.33 bits per heavy atom. The highest BCUT2D eigenvalue weighted by Gasteiger charge is 2.19. The average Bonchev–Trinajstić information content (AvgIpc) is 2.89. The van der Waals surface area contributed by atoms with Crippen LogP contribution in [0.1, 0.15) is 28.6 Å². The highest BCUT2D eigenvalue weighted by atomic mass is 79.9. The maximum Gasteiger partial charge on any atom is 0.342 e. The second kappa shape index (κ2) is 7.05. The molecule has 0 aliphatic rings. The van der Waals surface area contributed by atoms with Gasteiger partial charge in [0.05, 0.1) is 6.61 Å². The summed E-state index contributed by atoms with van der Waals surface area (Å²) in [5.74, 6) is 0.793. The van der Waals surface area contributed by atoms with Gasteiger partial charge in [-0.05, 0) is 54.0 Å². The fraction of sp³-hybridized carbons (Fsp3) is 0.222. The Bertz CT molecular complexity index is 888. The number of aryl methyl sites for hydroxylation is 1. The van der Waals surface area contributed by atoms with Crippen molar-refractivity contribution in [2.24, 2.45) is 0 Å². The van der Waals surface area contributed by atoms with Crippen molar-refractivity contribution in [3.8, 4) is 5.75 Å². The molecule has 0 aliphatic heterocycles. The molecule has 0 saturated carbocycles. The Morgan fingerprint density at radius 2 is 2.17 bits per heavy atom. The Balaban J connectivity index is 1.89. The minimum absolute atomic E-state index is 0.316. The number of hydrogen-bond acceptors (Lipinski definition) is 5. The first kappa shape index (κ1) is 16.5. The molecule has 0 fully saturated rings. The SMILES string of the molecule is CCOC(=O)c1c(C)oc2ccc(OCc3cccnc3Br)cc12. The average molecular weight is 390 g/mol. The monoisotopic (exact) mass is 389 g/mol. The number of aromatic nitrogens is 1. The van der Waals surface area contributed by atoms with Gasteiger partial charge in [-0.3, -0.25) is 0 Å². The van der Waals surface area contributed by atoms with Crippen LogP contribution in [-0.2, 0) is 11.3 Å². The quantitative estimate of drug-likeness (QED) is 0.469. The molecule has 124 valence electrons. The molecule has 1 aromatic carbocycles. The topological polar surface area (TPSA) is 61.6 Å². The van der Waals surface area contributed by atoms with Gasteiger partial charge in [-0.1, -0.05) is 6.07 Å². The second-order valence-corrected chi connectivity index (χ2v) is 5.90.